The Labute approximate surface area is 229 Å². The van der Waals surface area contributed by atoms with E-state index in [0.717, 1.165) is 38.5 Å². The van der Waals surface area contributed by atoms with Crippen molar-refractivity contribution in [1.82, 2.24) is 20.9 Å². The Hall–Kier alpha value is -2.14. The molecule has 0 aromatic heterocycles. The zero-order valence-electron chi connectivity index (χ0n) is 22.4. The number of hydrogen-bond donors (Lipinski definition) is 4. The standard InChI is InChI=1S/C27H42ClFN4O5/c1-30-16-22(24(34)18-8-4-3-5-9-18)32-26(35)33-14-7-10-19(17-33)25(38-15-13-31-27(36)37-2)20-11-6-12-21(28)23(20)29/h6,11-12,18-19,22,24-25,30,34H,3-5,7-10,13-17H2,1-2H3,(H,31,36)(H,32,35)/t19-,22?,24?,25-/m1/s1. The molecule has 1 saturated heterocycles. The fraction of sp³-hybridized carbons (Fsp3) is 0.704. The van der Waals surface area contributed by atoms with E-state index in [0.29, 0.717) is 25.2 Å². The Bertz CT molecular complexity index is 904. The van der Waals surface area contributed by atoms with Gasteiger partial charge in [0, 0.05) is 37.7 Å². The third-order valence-corrected chi connectivity index (χ3v) is 7.89. The van der Waals surface area contributed by atoms with Gasteiger partial charge in [0.1, 0.15) is 5.82 Å². The number of carbonyl (C=O) groups excluding carboxylic acids is 2. The number of piperidine rings is 1. The third-order valence-electron chi connectivity index (χ3n) is 7.59. The number of likely N-dealkylation sites (tertiary alicyclic amines) is 1. The van der Waals surface area contributed by atoms with Crippen LogP contribution in [0.3, 0.4) is 0 Å². The lowest BCUT2D eigenvalue weighted by Gasteiger charge is -2.39. The van der Waals surface area contributed by atoms with Crippen LogP contribution in [-0.2, 0) is 9.47 Å². The molecule has 0 spiro atoms. The second-order valence-electron chi connectivity index (χ2n) is 10.2. The van der Waals surface area contributed by atoms with Gasteiger partial charge in [0.2, 0.25) is 0 Å². The first-order valence-corrected chi connectivity index (χ1v) is 14.0. The van der Waals surface area contributed by atoms with Crippen molar-refractivity contribution in [2.75, 3.05) is 46.9 Å². The average molecular weight is 557 g/mol. The highest BCUT2D eigenvalue weighted by Gasteiger charge is 2.35. The molecule has 3 rings (SSSR count). The molecule has 11 heteroatoms. The van der Waals surface area contributed by atoms with Crippen molar-refractivity contribution >= 4 is 23.7 Å². The van der Waals surface area contributed by atoms with Gasteiger partial charge in [0.15, 0.2) is 0 Å². The van der Waals surface area contributed by atoms with Crippen molar-refractivity contribution in [3.05, 3.63) is 34.6 Å². The summed E-state index contributed by atoms with van der Waals surface area (Å²) in [7, 11) is 3.08. The number of ether oxygens (including phenoxy) is 2. The van der Waals surface area contributed by atoms with Gasteiger partial charge in [-0.05, 0) is 44.7 Å². The monoisotopic (exact) mass is 556 g/mol. The van der Waals surface area contributed by atoms with Gasteiger partial charge in [-0.2, -0.15) is 0 Å². The van der Waals surface area contributed by atoms with Crippen molar-refractivity contribution in [2.24, 2.45) is 11.8 Å². The van der Waals surface area contributed by atoms with Crippen molar-refractivity contribution in [2.45, 2.75) is 63.2 Å². The zero-order valence-corrected chi connectivity index (χ0v) is 23.1. The first-order valence-electron chi connectivity index (χ1n) is 13.6. The largest absolute Gasteiger partial charge is 0.453 e. The minimum Gasteiger partial charge on any atom is -0.453 e. The normalized spacial score (nSPS) is 20.9. The molecule has 1 aliphatic carbocycles. The predicted octanol–water partition coefficient (Wildman–Crippen LogP) is 3.84. The number of amides is 3. The lowest BCUT2D eigenvalue weighted by atomic mass is 9.82. The van der Waals surface area contributed by atoms with Crippen LogP contribution in [0.4, 0.5) is 14.0 Å². The number of nitrogens with one attached hydrogen (secondary N) is 3. The number of methoxy groups -OCH3 is 1. The highest BCUT2D eigenvalue weighted by molar-refractivity contribution is 6.30. The molecular weight excluding hydrogens is 515 g/mol. The number of halogens is 2. The SMILES string of the molecule is CNCC(NC(=O)N1CCC[C@@H]([C@@H](OCCNC(=O)OC)c2cccc(Cl)c2F)C1)C(O)C1CCCCC1. The summed E-state index contributed by atoms with van der Waals surface area (Å²) in [5.74, 6) is -0.559. The van der Waals surface area contributed by atoms with Crippen LogP contribution in [0.1, 0.15) is 56.6 Å². The molecule has 214 valence electrons. The molecular formula is C27H42ClFN4O5. The smallest absolute Gasteiger partial charge is 0.406 e. The molecule has 3 amide bonds. The van der Waals surface area contributed by atoms with Gasteiger partial charge in [0.25, 0.3) is 0 Å². The van der Waals surface area contributed by atoms with E-state index in [4.69, 9.17) is 16.3 Å². The highest BCUT2D eigenvalue weighted by Crippen LogP contribution is 2.36. The molecule has 2 unspecified atom stereocenters. The summed E-state index contributed by atoms with van der Waals surface area (Å²) in [4.78, 5) is 26.4. The molecule has 1 saturated carbocycles. The number of aliphatic hydroxyl groups is 1. The number of rotatable bonds is 11. The summed E-state index contributed by atoms with van der Waals surface area (Å²) in [5.41, 5.74) is 0.323. The number of alkyl carbamates (subject to hydrolysis) is 1. The number of carbonyl (C=O) groups is 2. The van der Waals surface area contributed by atoms with Crippen LogP contribution >= 0.6 is 11.6 Å². The minimum atomic E-state index is -0.662. The van der Waals surface area contributed by atoms with Crippen LogP contribution in [0.2, 0.25) is 5.02 Å². The lowest BCUT2D eigenvalue weighted by Crippen LogP contribution is -2.56. The maximum Gasteiger partial charge on any atom is 0.406 e. The van der Waals surface area contributed by atoms with Crippen LogP contribution in [0.15, 0.2) is 18.2 Å². The van der Waals surface area contributed by atoms with Gasteiger partial charge in [-0.25, -0.2) is 14.0 Å². The molecule has 1 heterocycles. The van der Waals surface area contributed by atoms with Gasteiger partial charge >= 0.3 is 12.1 Å². The van der Waals surface area contributed by atoms with E-state index < -0.39 is 30.2 Å². The van der Waals surface area contributed by atoms with Crippen LogP contribution < -0.4 is 16.0 Å². The number of benzene rings is 1. The van der Waals surface area contributed by atoms with Gasteiger partial charge in [-0.15, -0.1) is 0 Å². The molecule has 0 bridgehead atoms. The van der Waals surface area contributed by atoms with Gasteiger partial charge in [0.05, 0.1) is 37.0 Å². The number of nitrogens with zero attached hydrogens (tertiary/aromatic N) is 1. The van der Waals surface area contributed by atoms with Crippen LogP contribution in [0, 0.1) is 17.7 Å². The van der Waals surface area contributed by atoms with Crippen molar-refractivity contribution in [3.63, 3.8) is 0 Å². The van der Waals surface area contributed by atoms with Gasteiger partial charge < -0.3 is 35.4 Å². The van der Waals surface area contributed by atoms with E-state index in [1.54, 1.807) is 24.1 Å². The second kappa shape index (κ2) is 15.5. The number of hydrogen-bond acceptors (Lipinski definition) is 6. The molecule has 38 heavy (non-hydrogen) atoms. The highest BCUT2D eigenvalue weighted by atomic mass is 35.5. The van der Waals surface area contributed by atoms with Gasteiger partial charge in [-0.3, -0.25) is 0 Å². The predicted molar refractivity (Wildman–Crippen MR) is 144 cm³/mol. The Balaban J connectivity index is 1.69. The Morgan fingerprint density at radius 1 is 1.18 bits per heavy atom. The summed E-state index contributed by atoms with van der Waals surface area (Å²) in [6.45, 7) is 1.70. The maximum absolute atomic E-state index is 15.0. The van der Waals surface area contributed by atoms with Crippen LogP contribution in [0.25, 0.3) is 0 Å². The Morgan fingerprint density at radius 2 is 1.92 bits per heavy atom. The molecule has 1 aromatic carbocycles. The Morgan fingerprint density at radius 3 is 2.63 bits per heavy atom. The molecule has 2 aliphatic rings. The molecule has 9 nitrogen and oxygen atoms in total. The van der Waals surface area contributed by atoms with E-state index in [1.165, 1.54) is 19.6 Å². The maximum atomic E-state index is 15.0. The molecule has 1 aromatic rings. The second-order valence-corrected chi connectivity index (χ2v) is 10.6. The van der Waals surface area contributed by atoms with E-state index in [-0.39, 0.29) is 36.0 Å². The summed E-state index contributed by atoms with van der Waals surface area (Å²) in [6, 6.07) is 4.14. The van der Waals surface area contributed by atoms with E-state index in [1.807, 2.05) is 0 Å². The average Bonchev–Trinajstić information content (AvgIpc) is 2.94. The summed E-state index contributed by atoms with van der Waals surface area (Å²) >= 11 is 6.07. The van der Waals surface area contributed by atoms with Crippen LogP contribution in [-0.4, -0.2) is 81.2 Å². The van der Waals surface area contributed by atoms with Crippen molar-refractivity contribution in [3.8, 4) is 0 Å². The molecule has 2 fully saturated rings. The van der Waals surface area contributed by atoms with E-state index in [2.05, 4.69) is 20.7 Å². The molecule has 4 N–H and O–H groups in total. The summed E-state index contributed by atoms with van der Waals surface area (Å²) in [5, 5.41) is 19.7. The number of urea groups is 1. The summed E-state index contributed by atoms with van der Waals surface area (Å²) < 4.78 is 25.7. The number of aliphatic hydroxyl groups excluding tert-OH is 1. The fourth-order valence-corrected chi connectivity index (χ4v) is 5.79. The molecule has 0 radical (unpaired) electrons. The minimum absolute atomic E-state index is 0.000743. The van der Waals surface area contributed by atoms with Crippen molar-refractivity contribution in [1.29, 1.82) is 0 Å². The first-order chi connectivity index (χ1) is 18.3. The fourth-order valence-electron chi connectivity index (χ4n) is 5.60. The molecule has 1 aliphatic heterocycles. The zero-order chi connectivity index (χ0) is 27.5. The Kier molecular flexibility index (Phi) is 12.4. The molecule has 4 atom stereocenters. The lowest BCUT2D eigenvalue weighted by molar-refractivity contribution is -0.0113. The summed E-state index contributed by atoms with van der Waals surface area (Å²) in [6.07, 6.45) is 4.94. The van der Waals surface area contributed by atoms with Crippen LogP contribution in [0.5, 0.6) is 0 Å². The van der Waals surface area contributed by atoms with Gasteiger partial charge in [-0.1, -0.05) is 43.0 Å². The number of likely N-dealkylation sites (N-methyl/N-ethyl adjacent to an activating group) is 1. The first kappa shape index (κ1) is 30.4. The van der Waals surface area contributed by atoms with Crippen molar-refractivity contribution < 1.29 is 28.6 Å². The van der Waals surface area contributed by atoms with E-state index in [9.17, 15) is 14.7 Å². The third kappa shape index (κ3) is 8.43. The van der Waals surface area contributed by atoms with E-state index >= 15 is 4.39 Å². The quantitative estimate of drug-likeness (QED) is 0.308. The topological polar surface area (TPSA) is 112 Å².